The minimum absolute atomic E-state index is 0.153. The van der Waals surface area contributed by atoms with Gasteiger partial charge in [0.1, 0.15) is 23.4 Å². The van der Waals surface area contributed by atoms with Crippen molar-refractivity contribution >= 4 is 17.3 Å². The largest absolute Gasteiger partial charge is 0.497 e. The van der Waals surface area contributed by atoms with Crippen LogP contribution in [0.4, 0.5) is 14.5 Å². The lowest BCUT2D eigenvalue weighted by atomic mass is 10.1. The molecule has 8 heteroatoms. The number of benzene rings is 3. The minimum atomic E-state index is -0.681. The smallest absolute Gasteiger partial charge is 0.247 e. The number of anilines is 1. The molecule has 152 valence electrons. The Labute approximate surface area is 176 Å². The molecule has 0 bridgehead atoms. The summed E-state index contributed by atoms with van der Waals surface area (Å²) in [4.78, 5) is 0. The molecular weight excluding hydrogens is 412 g/mol. The van der Waals surface area contributed by atoms with Gasteiger partial charge in [-0.3, -0.25) is 0 Å². The fourth-order valence-electron chi connectivity index (χ4n) is 2.98. The molecule has 1 aromatic heterocycles. The van der Waals surface area contributed by atoms with E-state index in [0.29, 0.717) is 22.6 Å². The quantitative estimate of drug-likeness (QED) is 0.416. The highest BCUT2D eigenvalue weighted by Gasteiger charge is 2.24. The van der Waals surface area contributed by atoms with Crippen LogP contribution in [0.1, 0.15) is 17.5 Å². The number of rotatable bonds is 6. The van der Waals surface area contributed by atoms with E-state index in [1.54, 1.807) is 37.4 Å². The second kappa shape index (κ2) is 8.51. The number of hydrogen-bond donors (Lipinski definition) is 1. The molecule has 5 nitrogen and oxygen atoms in total. The van der Waals surface area contributed by atoms with Crippen LogP contribution in [0.5, 0.6) is 5.75 Å². The van der Waals surface area contributed by atoms with Gasteiger partial charge in [0.15, 0.2) is 0 Å². The molecule has 1 atom stereocenters. The second-order valence-electron chi connectivity index (χ2n) is 6.43. The Morgan fingerprint density at radius 1 is 0.967 bits per heavy atom. The van der Waals surface area contributed by atoms with Crippen LogP contribution in [0, 0.1) is 11.6 Å². The Morgan fingerprint density at radius 3 is 2.53 bits per heavy atom. The fraction of sp³-hybridized carbons (Fsp3) is 0.0909. The van der Waals surface area contributed by atoms with E-state index in [4.69, 9.17) is 20.8 Å². The van der Waals surface area contributed by atoms with Gasteiger partial charge in [-0.25, -0.2) is 8.78 Å². The molecule has 0 radical (unpaired) electrons. The Kier molecular flexibility index (Phi) is 5.63. The number of aromatic nitrogens is 2. The number of ether oxygens (including phenoxy) is 1. The molecule has 4 aromatic rings. The van der Waals surface area contributed by atoms with Gasteiger partial charge in [-0.05, 0) is 42.5 Å². The lowest BCUT2D eigenvalue weighted by Gasteiger charge is -2.18. The maximum atomic E-state index is 13.6. The van der Waals surface area contributed by atoms with Gasteiger partial charge in [-0.2, -0.15) is 0 Å². The zero-order valence-corrected chi connectivity index (χ0v) is 16.5. The second-order valence-corrected chi connectivity index (χ2v) is 6.84. The van der Waals surface area contributed by atoms with Crippen LogP contribution in [0.25, 0.3) is 11.5 Å². The molecule has 0 aliphatic carbocycles. The third kappa shape index (κ3) is 4.26. The number of halogens is 3. The maximum absolute atomic E-state index is 13.6. The summed E-state index contributed by atoms with van der Waals surface area (Å²) in [6.45, 7) is 0. The van der Waals surface area contributed by atoms with Crippen LogP contribution in [0.3, 0.4) is 0 Å². The fourth-order valence-corrected chi connectivity index (χ4v) is 3.25. The molecule has 0 aliphatic rings. The summed E-state index contributed by atoms with van der Waals surface area (Å²) in [7, 11) is 1.57. The highest BCUT2D eigenvalue weighted by Crippen LogP contribution is 2.33. The first kappa shape index (κ1) is 19.8. The monoisotopic (exact) mass is 427 g/mol. The zero-order chi connectivity index (χ0) is 21.1. The van der Waals surface area contributed by atoms with Gasteiger partial charge in [-0.15, -0.1) is 10.2 Å². The molecule has 30 heavy (non-hydrogen) atoms. The summed E-state index contributed by atoms with van der Waals surface area (Å²) in [6.07, 6.45) is 0. The molecule has 0 spiro atoms. The van der Waals surface area contributed by atoms with Crippen molar-refractivity contribution in [2.24, 2.45) is 0 Å². The van der Waals surface area contributed by atoms with E-state index in [-0.39, 0.29) is 16.8 Å². The number of nitrogens with one attached hydrogen (secondary N) is 1. The van der Waals surface area contributed by atoms with Gasteiger partial charge in [0.2, 0.25) is 11.8 Å². The molecule has 0 saturated carbocycles. The first-order valence-corrected chi connectivity index (χ1v) is 9.36. The Hall–Kier alpha value is -3.45. The van der Waals surface area contributed by atoms with Gasteiger partial charge >= 0.3 is 0 Å². The number of nitrogens with zero attached hydrogens (tertiary/aromatic N) is 2. The molecule has 0 fully saturated rings. The summed E-state index contributed by atoms with van der Waals surface area (Å²) in [6, 6.07) is 16.4. The van der Waals surface area contributed by atoms with E-state index in [0.717, 1.165) is 0 Å². The minimum Gasteiger partial charge on any atom is -0.497 e. The topological polar surface area (TPSA) is 60.2 Å². The lowest BCUT2D eigenvalue weighted by molar-refractivity contribution is 0.415. The van der Waals surface area contributed by atoms with Gasteiger partial charge in [-0.1, -0.05) is 29.8 Å². The van der Waals surface area contributed by atoms with Crippen molar-refractivity contribution < 1.29 is 17.9 Å². The maximum Gasteiger partial charge on any atom is 0.247 e. The van der Waals surface area contributed by atoms with E-state index >= 15 is 0 Å². The number of hydrogen-bond acceptors (Lipinski definition) is 5. The van der Waals surface area contributed by atoms with Gasteiger partial charge in [0.05, 0.1) is 7.11 Å². The van der Waals surface area contributed by atoms with Gasteiger partial charge in [0.25, 0.3) is 0 Å². The summed E-state index contributed by atoms with van der Waals surface area (Å²) >= 11 is 6.30. The molecule has 0 saturated heterocycles. The first-order chi connectivity index (χ1) is 14.5. The van der Waals surface area contributed by atoms with Crippen molar-refractivity contribution in [1.29, 1.82) is 0 Å². The van der Waals surface area contributed by atoms with Crippen molar-refractivity contribution in [3.8, 4) is 17.2 Å². The average Bonchev–Trinajstić information content (AvgIpc) is 3.23. The van der Waals surface area contributed by atoms with Crippen LogP contribution in [-0.2, 0) is 0 Å². The van der Waals surface area contributed by atoms with Gasteiger partial charge < -0.3 is 14.5 Å². The van der Waals surface area contributed by atoms with Crippen molar-refractivity contribution in [3.63, 3.8) is 0 Å². The van der Waals surface area contributed by atoms with E-state index in [1.165, 1.54) is 24.3 Å². The predicted molar refractivity (Wildman–Crippen MR) is 110 cm³/mol. The summed E-state index contributed by atoms with van der Waals surface area (Å²) in [5, 5.41) is 11.6. The third-order valence-electron chi connectivity index (χ3n) is 4.41. The Balaban J connectivity index is 1.75. The van der Waals surface area contributed by atoms with Crippen molar-refractivity contribution in [3.05, 3.63) is 94.8 Å². The SMILES string of the molecule is COc1cccc(NC(c2nnc(-c3cccc(F)c3)o2)c2ccc(F)cc2Cl)c1. The molecule has 0 aliphatic heterocycles. The molecule has 1 N–H and O–H groups in total. The van der Waals surface area contributed by atoms with E-state index in [9.17, 15) is 8.78 Å². The molecule has 0 amide bonds. The third-order valence-corrected chi connectivity index (χ3v) is 4.74. The summed E-state index contributed by atoms with van der Waals surface area (Å²) in [5.41, 5.74) is 1.68. The molecule has 1 heterocycles. The average molecular weight is 428 g/mol. The van der Waals surface area contributed by atoms with Crippen LogP contribution < -0.4 is 10.1 Å². The van der Waals surface area contributed by atoms with E-state index < -0.39 is 17.7 Å². The first-order valence-electron chi connectivity index (χ1n) is 8.98. The van der Waals surface area contributed by atoms with Crippen LogP contribution in [-0.4, -0.2) is 17.3 Å². The Morgan fingerprint density at radius 2 is 1.77 bits per heavy atom. The highest BCUT2D eigenvalue weighted by molar-refractivity contribution is 6.31. The van der Waals surface area contributed by atoms with Crippen molar-refractivity contribution in [1.82, 2.24) is 10.2 Å². The van der Waals surface area contributed by atoms with Crippen molar-refractivity contribution in [2.75, 3.05) is 12.4 Å². The van der Waals surface area contributed by atoms with Crippen molar-refractivity contribution in [2.45, 2.75) is 6.04 Å². The van der Waals surface area contributed by atoms with E-state index in [2.05, 4.69) is 15.5 Å². The predicted octanol–water partition coefficient (Wildman–Crippen LogP) is 5.88. The van der Waals surface area contributed by atoms with E-state index in [1.807, 2.05) is 12.1 Å². The number of methoxy groups -OCH3 is 1. The van der Waals surface area contributed by atoms with Gasteiger partial charge in [0, 0.05) is 27.9 Å². The lowest BCUT2D eigenvalue weighted by Crippen LogP contribution is -2.13. The molecule has 1 unspecified atom stereocenters. The summed E-state index contributed by atoms with van der Waals surface area (Å²) < 4.78 is 38.2. The standard InChI is InChI=1S/C22H16ClF2N3O2/c1-29-17-7-3-6-16(12-17)26-20(18-9-8-15(25)11-19(18)23)22-28-27-21(30-22)13-4-2-5-14(24)10-13/h2-12,20,26H,1H3. The Bertz CT molecular complexity index is 1180. The highest BCUT2D eigenvalue weighted by atomic mass is 35.5. The van der Waals surface area contributed by atoms with Crippen LogP contribution >= 0.6 is 11.6 Å². The molecular formula is C22H16ClF2N3O2. The summed E-state index contributed by atoms with van der Waals surface area (Å²) in [5.74, 6) is 0.107. The van der Waals surface area contributed by atoms with Crippen LogP contribution in [0.2, 0.25) is 5.02 Å². The normalized spacial score (nSPS) is 11.9. The molecule has 3 aromatic carbocycles. The molecule has 4 rings (SSSR count). The zero-order valence-electron chi connectivity index (χ0n) is 15.8. The van der Waals surface area contributed by atoms with Crippen LogP contribution in [0.15, 0.2) is 71.1 Å².